The Balaban J connectivity index is 1.29. The number of hydrogen-bond donors (Lipinski definition) is 1. The molecule has 27 heavy (non-hydrogen) atoms. The molecule has 4 rings (SSSR count). The number of benzene rings is 2. The second-order valence-electron chi connectivity index (χ2n) is 6.53. The predicted molar refractivity (Wildman–Crippen MR) is 109 cm³/mol. The number of thiophene rings is 1. The maximum absolute atomic E-state index is 12.0. The maximum atomic E-state index is 12.0. The Morgan fingerprint density at radius 2 is 1.78 bits per heavy atom. The average molecular weight is 376 g/mol. The molecule has 0 bridgehead atoms. The minimum absolute atomic E-state index is 0.0117. The molecule has 3 aromatic rings. The van der Waals surface area contributed by atoms with Crippen LogP contribution in [0.3, 0.4) is 0 Å². The number of oxime groups is 1. The van der Waals surface area contributed by atoms with Crippen LogP contribution in [0.4, 0.5) is 0 Å². The molecule has 0 radical (unpaired) electrons. The van der Waals surface area contributed by atoms with Crippen LogP contribution >= 0.6 is 11.3 Å². The molecular formula is C22H20N2O2S. The van der Waals surface area contributed by atoms with Gasteiger partial charge in [-0.05, 0) is 39.1 Å². The van der Waals surface area contributed by atoms with Gasteiger partial charge in [0.05, 0.1) is 18.7 Å². The molecule has 2 aromatic carbocycles. The van der Waals surface area contributed by atoms with E-state index in [2.05, 4.69) is 46.9 Å². The van der Waals surface area contributed by atoms with Crippen molar-refractivity contribution in [3.63, 3.8) is 0 Å². The zero-order valence-corrected chi connectivity index (χ0v) is 15.6. The van der Waals surface area contributed by atoms with Crippen LogP contribution in [0.5, 0.6) is 0 Å². The van der Waals surface area contributed by atoms with Crippen molar-refractivity contribution in [1.29, 1.82) is 0 Å². The Bertz CT molecular complexity index is 919. The van der Waals surface area contributed by atoms with Crippen molar-refractivity contribution >= 4 is 23.0 Å². The van der Waals surface area contributed by atoms with Crippen LogP contribution < -0.4 is 5.32 Å². The van der Waals surface area contributed by atoms with E-state index in [0.717, 1.165) is 16.8 Å². The van der Waals surface area contributed by atoms with Crippen LogP contribution in [0.25, 0.3) is 11.1 Å². The summed E-state index contributed by atoms with van der Waals surface area (Å²) < 4.78 is 0. The van der Waals surface area contributed by atoms with E-state index in [9.17, 15) is 4.79 Å². The molecule has 136 valence electrons. The molecule has 1 aliphatic rings. The highest BCUT2D eigenvalue weighted by Gasteiger charge is 2.22. The Labute approximate surface area is 162 Å². The highest BCUT2D eigenvalue weighted by molar-refractivity contribution is 7.08. The summed E-state index contributed by atoms with van der Waals surface area (Å²) in [4.78, 5) is 17.5. The lowest BCUT2D eigenvalue weighted by Gasteiger charge is -2.09. The first-order valence-electron chi connectivity index (χ1n) is 8.94. The zero-order chi connectivity index (χ0) is 18.5. The first kappa shape index (κ1) is 17.5. The number of carbonyl (C=O) groups excluding carboxylic acids is 1. The lowest BCUT2D eigenvalue weighted by molar-refractivity contribution is -0.121. The third-order valence-corrected chi connectivity index (χ3v) is 5.26. The van der Waals surface area contributed by atoms with Crippen LogP contribution in [-0.4, -0.2) is 24.3 Å². The Morgan fingerprint density at radius 1 is 1.04 bits per heavy atom. The zero-order valence-electron chi connectivity index (χ0n) is 14.8. The summed E-state index contributed by atoms with van der Waals surface area (Å²) in [5.41, 5.74) is 5.39. The fraction of sp³-hybridized carbons (Fsp3) is 0.182. The summed E-state index contributed by atoms with van der Waals surface area (Å²) in [6, 6.07) is 20.6. The Kier molecular flexibility index (Phi) is 5.30. The van der Waals surface area contributed by atoms with Gasteiger partial charge in [-0.2, -0.15) is 11.3 Å². The van der Waals surface area contributed by atoms with Crippen molar-refractivity contribution in [3.8, 4) is 11.1 Å². The van der Waals surface area contributed by atoms with Gasteiger partial charge in [0.2, 0.25) is 5.91 Å². The van der Waals surface area contributed by atoms with E-state index in [1.807, 2.05) is 35.0 Å². The van der Waals surface area contributed by atoms with Gasteiger partial charge in [-0.25, -0.2) is 0 Å². The van der Waals surface area contributed by atoms with Gasteiger partial charge in [0.15, 0.2) is 0 Å². The molecule has 4 nitrogen and oxygen atoms in total. The Morgan fingerprint density at radius 3 is 2.52 bits per heavy atom. The maximum Gasteiger partial charge on any atom is 0.224 e. The largest absolute Gasteiger partial charge is 0.390 e. The van der Waals surface area contributed by atoms with E-state index < -0.39 is 0 Å². The third-order valence-electron chi connectivity index (χ3n) is 4.53. The van der Waals surface area contributed by atoms with E-state index >= 15 is 0 Å². The van der Waals surface area contributed by atoms with Gasteiger partial charge in [0.1, 0.15) is 6.10 Å². The number of hydrogen-bond acceptors (Lipinski definition) is 4. The number of amides is 1. The van der Waals surface area contributed by atoms with Gasteiger partial charge in [0, 0.05) is 6.42 Å². The monoisotopic (exact) mass is 376 g/mol. The van der Waals surface area contributed by atoms with E-state index in [1.165, 1.54) is 11.1 Å². The van der Waals surface area contributed by atoms with Crippen molar-refractivity contribution < 1.29 is 9.63 Å². The van der Waals surface area contributed by atoms with Gasteiger partial charge in [0.25, 0.3) is 0 Å². The SMILES string of the molecule is O=C(Cc1ccsc1)NC[C@H]1CC(c2ccc(-c3ccccc3)cc2)=NO1. The fourth-order valence-corrected chi connectivity index (χ4v) is 3.73. The number of rotatable bonds is 6. The van der Waals surface area contributed by atoms with E-state index in [1.54, 1.807) is 11.3 Å². The van der Waals surface area contributed by atoms with Gasteiger partial charge < -0.3 is 10.2 Å². The minimum Gasteiger partial charge on any atom is -0.390 e. The number of carbonyl (C=O) groups is 1. The van der Waals surface area contributed by atoms with Crippen LogP contribution in [0.15, 0.2) is 76.6 Å². The molecule has 1 aromatic heterocycles. The molecule has 0 aliphatic carbocycles. The van der Waals surface area contributed by atoms with Gasteiger partial charge in [-0.1, -0.05) is 59.8 Å². The molecule has 5 heteroatoms. The average Bonchev–Trinajstić information content (AvgIpc) is 3.39. The minimum atomic E-state index is -0.111. The predicted octanol–water partition coefficient (Wildman–Crippen LogP) is 4.27. The molecule has 1 amide bonds. The first-order valence-corrected chi connectivity index (χ1v) is 9.88. The van der Waals surface area contributed by atoms with Crippen LogP contribution in [0.2, 0.25) is 0 Å². The molecule has 0 saturated carbocycles. The van der Waals surface area contributed by atoms with Gasteiger partial charge in [-0.15, -0.1) is 0 Å². The highest BCUT2D eigenvalue weighted by atomic mass is 32.1. The van der Waals surface area contributed by atoms with Gasteiger partial charge in [-0.3, -0.25) is 4.79 Å². The smallest absolute Gasteiger partial charge is 0.224 e. The number of nitrogens with zero attached hydrogens (tertiary/aromatic N) is 1. The van der Waals surface area contributed by atoms with Crippen molar-refractivity contribution in [2.24, 2.45) is 5.16 Å². The van der Waals surface area contributed by atoms with Crippen molar-refractivity contribution in [2.75, 3.05) is 6.54 Å². The lowest BCUT2D eigenvalue weighted by Crippen LogP contribution is -2.33. The summed E-state index contributed by atoms with van der Waals surface area (Å²) >= 11 is 1.60. The third kappa shape index (κ3) is 4.44. The molecule has 2 heterocycles. The molecule has 1 atom stereocenters. The molecule has 0 spiro atoms. The fourth-order valence-electron chi connectivity index (χ4n) is 3.06. The Hall–Kier alpha value is -2.92. The first-order chi connectivity index (χ1) is 13.3. The molecule has 0 unspecified atom stereocenters. The molecular weight excluding hydrogens is 356 g/mol. The topological polar surface area (TPSA) is 50.7 Å². The lowest BCUT2D eigenvalue weighted by atomic mass is 10.00. The normalized spacial score (nSPS) is 15.9. The summed E-state index contributed by atoms with van der Waals surface area (Å²) in [7, 11) is 0. The summed E-state index contributed by atoms with van der Waals surface area (Å²) in [6.45, 7) is 0.470. The van der Waals surface area contributed by atoms with Crippen molar-refractivity contribution in [3.05, 3.63) is 82.6 Å². The summed E-state index contributed by atoms with van der Waals surface area (Å²) in [6.07, 6.45) is 0.995. The number of nitrogens with one attached hydrogen (secondary N) is 1. The van der Waals surface area contributed by atoms with E-state index in [-0.39, 0.29) is 12.0 Å². The second kappa shape index (κ2) is 8.18. The molecule has 1 aliphatic heterocycles. The molecule has 0 fully saturated rings. The van der Waals surface area contributed by atoms with Crippen LogP contribution in [-0.2, 0) is 16.1 Å². The molecule has 0 saturated heterocycles. The standard InChI is InChI=1S/C22H20N2O2S/c25-22(12-16-10-11-27-15-16)23-14-20-13-21(24-26-20)19-8-6-18(7-9-19)17-4-2-1-3-5-17/h1-11,15,20H,12-14H2,(H,23,25)/t20-/m1/s1. The van der Waals surface area contributed by atoms with Gasteiger partial charge >= 0.3 is 0 Å². The van der Waals surface area contributed by atoms with E-state index in [4.69, 9.17) is 4.84 Å². The molecule has 1 N–H and O–H groups in total. The summed E-state index contributed by atoms with van der Waals surface area (Å²) in [5, 5.41) is 11.1. The summed E-state index contributed by atoms with van der Waals surface area (Å²) in [5.74, 6) is 0.0117. The second-order valence-corrected chi connectivity index (χ2v) is 7.31. The quantitative estimate of drug-likeness (QED) is 0.699. The van der Waals surface area contributed by atoms with E-state index in [0.29, 0.717) is 19.4 Å². The van der Waals surface area contributed by atoms with Crippen molar-refractivity contribution in [1.82, 2.24) is 5.32 Å². The van der Waals surface area contributed by atoms with Crippen LogP contribution in [0, 0.1) is 0 Å². The van der Waals surface area contributed by atoms with Crippen LogP contribution in [0.1, 0.15) is 17.5 Å². The van der Waals surface area contributed by atoms with Crippen molar-refractivity contribution in [2.45, 2.75) is 18.9 Å². The highest BCUT2D eigenvalue weighted by Crippen LogP contribution is 2.22.